The highest BCUT2D eigenvalue weighted by Gasteiger charge is 2.14. The minimum atomic E-state index is 0.634. The summed E-state index contributed by atoms with van der Waals surface area (Å²) in [4.78, 5) is 2.62. The van der Waals surface area contributed by atoms with E-state index >= 15 is 0 Å². The monoisotopic (exact) mass is 238 g/mol. The van der Waals surface area contributed by atoms with Crippen molar-refractivity contribution in [1.82, 2.24) is 10.2 Å². The van der Waals surface area contributed by atoms with Crippen LogP contribution < -0.4 is 5.32 Å². The van der Waals surface area contributed by atoms with E-state index in [9.17, 15) is 0 Å². The maximum atomic E-state index is 3.76. The third kappa shape index (κ3) is 6.85. The molecule has 0 saturated carbocycles. The van der Waals surface area contributed by atoms with Crippen molar-refractivity contribution < 1.29 is 0 Å². The van der Waals surface area contributed by atoms with Gasteiger partial charge in [0.15, 0.2) is 0 Å². The first kappa shape index (κ1) is 14.7. The predicted octanol–water partition coefficient (Wildman–Crippen LogP) is 3.05. The van der Waals surface area contributed by atoms with Gasteiger partial charge in [-0.05, 0) is 71.1 Å². The average Bonchev–Trinajstić information content (AvgIpc) is 2.34. The van der Waals surface area contributed by atoms with Gasteiger partial charge in [-0.3, -0.25) is 0 Å². The smallest absolute Gasteiger partial charge is 0.00416 e. The summed E-state index contributed by atoms with van der Waals surface area (Å²) in [6.45, 7) is 13.5. The Balaban J connectivity index is 1.95. The van der Waals surface area contributed by atoms with Crippen LogP contribution in [0.1, 0.15) is 46.0 Å². The minimum absolute atomic E-state index is 0.634. The molecule has 1 N–H and O–H groups in total. The van der Waals surface area contributed by atoms with E-state index in [1.54, 1.807) is 0 Å². The molecule has 2 nitrogen and oxygen atoms in total. The summed E-state index contributed by atoms with van der Waals surface area (Å²) < 4.78 is 0. The fraction of sp³-hybridized carbons (Fsp3) is 0.867. The van der Waals surface area contributed by atoms with Gasteiger partial charge < -0.3 is 10.2 Å². The Bertz CT molecular complexity index is 195. The van der Waals surface area contributed by atoms with Gasteiger partial charge in [-0.25, -0.2) is 0 Å². The van der Waals surface area contributed by atoms with E-state index in [0.29, 0.717) is 6.04 Å². The van der Waals surface area contributed by atoms with E-state index in [0.717, 1.165) is 18.9 Å². The maximum absolute atomic E-state index is 3.76. The van der Waals surface area contributed by atoms with Crippen molar-refractivity contribution in [1.29, 1.82) is 0 Å². The molecule has 0 amide bonds. The Labute approximate surface area is 107 Å². The number of nitrogens with one attached hydrogen (secondary N) is 1. The zero-order chi connectivity index (χ0) is 12.5. The van der Waals surface area contributed by atoms with Crippen LogP contribution in [0.3, 0.4) is 0 Å². The zero-order valence-electron chi connectivity index (χ0n) is 11.8. The number of piperidine rings is 1. The molecule has 0 aromatic carbocycles. The molecule has 1 heterocycles. The Kier molecular flexibility index (Phi) is 7.54. The van der Waals surface area contributed by atoms with Gasteiger partial charge in [0.05, 0.1) is 0 Å². The highest BCUT2D eigenvalue weighted by atomic mass is 15.1. The van der Waals surface area contributed by atoms with Gasteiger partial charge in [0.2, 0.25) is 0 Å². The van der Waals surface area contributed by atoms with E-state index in [1.807, 2.05) is 6.08 Å². The Morgan fingerprint density at radius 3 is 2.76 bits per heavy atom. The van der Waals surface area contributed by atoms with Crippen LogP contribution >= 0.6 is 0 Å². The molecule has 0 aromatic heterocycles. The molecular weight excluding hydrogens is 208 g/mol. The summed E-state index contributed by atoms with van der Waals surface area (Å²) in [7, 11) is 0. The molecule has 1 fully saturated rings. The third-order valence-electron chi connectivity index (χ3n) is 3.82. The lowest BCUT2D eigenvalue weighted by atomic mass is 9.99. The molecule has 100 valence electrons. The third-order valence-corrected chi connectivity index (χ3v) is 3.82. The van der Waals surface area contributed by atoms with Crippen molar-refractivity contribution in [2.24, 2.45) is 5.92 Å². The second-order valence-corrected chi connectivity index (χ2v) is 5.60. The first-order chi connectivity index (χ1) is 8.22. The normalized spacial score (nSPS) is 20.4. The quantitative estimate of drug-likeness (QED) is 0.516. The molecule has 1 atom stereocenters. The number of hydrogen-bond donors (Lipinski definition) is 1. The summed E-state index contributed by atoms with van der Waals surface area (Å²) in [5.41, 5.74) is 0. The van der Waals surface area contributed by atoms with Gasteiger partial charge in [0.1, 0.15) is 0 Å². The molecule has 2 heteroatoms. The molecule has 0 spiro atoms. The fourth-order valence-corrected chi connectivity index (χ4v) is 2.41. The molecule has 1 aliphatic rings. The topological polar surface area (TPSA) is 15.3 Å². The molecule has 1 unspecified atom stereocenters. The van der Waals surface area contributed by atoms with Crippen LogP contribution in [-0.4, -0.2) is 37.1 Å². The average molecular weight is 238 g/mol. The molecular formula is C15H30N2. The summed E-state index contributed by atoms with van der Waals surface area (Å²) in [5.74, 6) is 0.948. The first-order valence-corrected chi connectivity index (χ1v) is 7.29. The number of nitrogens with zero attached hydrogens (tertiary/aromatic N) is 1. The second kappa shape index (κ2) is 8.71. The van der Waals surface area contributed by atoms with Gasteiger partial charge in [-0.15, -0.1) is 6.58 Å². The molecule has 1 rings (SSSR count). The predicted molar refractivity (Wildman–Crippen MR) is 76.4 cm³/mol. The van der Waals surface area contributed by atoms with Crippen LogP contribution in [0.4, 0.5) is 0 Å². The van der Waals surface area contributed by atoms with Gasteiger partial charge in [0.25, 0.3) is 0 Å². The van der Waals surface area contributed by atoms with E-state index < -0.39 is 0 Å². The van der Waals surface area contributed by atoms with Crippen LogP contribution in [0.15, 0.2) is 12.7 Å². The van der Waals surface area contributed by atoms with Crippen molar-refractivity contribution in [3.63, 3.8) is 0 Å². The van der Waals surface area contributed by atoms with Crippen LogP contribution in [0.25, 0.3) is 0 Å². The lowest BCUT2D eigenvalue weighted by molar-refractivity contribution is 0.190. The summed E-state index contributed by atoms with van der Waals surface area (Å²) >= 11 is 0. The zero-order valence-corrected chi connectivity index (χ0v) is 11.8. The number of hydrogen-bond acceptors (Lipinski definition) is 2. The molecule has 17 heavy (non-hydrogen) atoms. The molecule has 0 aliphatic carbocycles. The largest absolute Gasteiger partial charge is 0.314 e. The summed E-state index contributed by atoms with van der Waals surface area (Å²) in [6.07, 6.45) is 8.41. The Hall–Kier alpha value is -0.340. The summed E-state index contributed by atoms with van der Waals surface area (Å²) in [6, 6.07) is 0.634. The van der Waals surface area contributed by atoms with Crippen molar-refractivity contribution in [2.75, 3.05) is 26.2 Å². The molecule has 0 bridgehead atoms. The first-order valence-electron chi connectivity index (χ1n) is 7.29. The van der Waals surface area contributed by atoms with Crippen molar-refractivity contribution >= 4 is 0 Å². The van der Waals surface area contributed by atoms with Crippen molar-refractivity contribution in [3.05, 3.63) is 12.7 Å². The molecule has 1 saturated heterocycles. The maximum Gasteiger partial charge on any atom is 0.00416 e. The van der Waals surface area contributed by atoms with E-state index in [1.165, 1.54) is 45.3 Å². The van der Waals surface area contributed by atoms with Crippen molar-refractivity contribution in [3.8, 4) is 0 Å². The van der Waals surface area contributed by atoms with Gasteiger partial charge in [-0.2, -0.15) is 0 Å². The highest BCUT2D eigenvalue weighted by Crippen LogP contribution is 2.15. The van der Waals surface area contributed by atoms with Gasteiger partial charge in [-0.1, -0.05) is 13.0 Å². The number of likely N-dealkylation sites (tertiary alicyclic amines) is 1. The van der Waals surface area contributed by atoms with E-state index in [2.05, 4.69) is 30.6 Å². The summed E-state index contributed by atoms with van der Waals surface area (Å²) in [5, 5.41) is 3.59. The second-order valence-electron chi connectivity index (χ2n) is 5.60. The molecule has 0 radical (unpaired) electrons. The lowest BCUT2D eigenvalue weighted by Gasteiger charge is -2.30. The number of allylic oxidation sites excluding steroid dienone is 1. The molecule has 0 aromatic rings. The Morgan fingerprint density at radius 1 is 1.41 bits per heavy atom. The van der Waals surface area contributed by atoms with Crippen LogP contribution in [0.5, 0.6) is 0 Å². The minimum Gasteiger partial charge on any atom is -0.314 e. The fourth-order valence-electron chi connectivity index (χ4n) is 2.41. The van der Waals surface area contributed by atoms with Crippen LogP contribution in [-0.2, 0) is 0 Å². The molecule has 1 aliphatic heterocycles. The van der Waals surface area contributed by atoms with E-state index in [-0.39, 0.29) is 0 Å². The number of rotatable bonds is 8. The standard InChI is InChI=1S/C15H30N2/c1-4-5-7-15(3)16-10-6-11-17-12-8-14(2)9-13-17/h4,14-16H,1,5-13H2,2-3H3. The van der Waals surface area contributed by atoms with Gasteiger partial charge in [0, 0.05) is 6.04 Å². The van der Waals surface area contributed by atoms with Crippen molar-refractivity contribution in [2.45, 2.75) is 52.0 Å². The van der Waals surface area contributed by atoms with Crippen LogP contribution in [0, 0.1) is 5.92 Å². The lowest BCUT2D eigenvalue weighted by Crippen LogP contribution is -2.35. The SMILES string of the molecule is C=CCCC(C)NCCCN1CCC(C)CC1. The van der Waals surface area contributed by atoms with E-state index in [4.69, 9.17) is 0 Å². The highest BCUT2D eigenvalue weighted by molar-refractivity contribution is 4.72. The van der Waals surface area contributed by atoms with Crippen LogP contribution in [0.2, 0.25) is 0 Å². The Morgan fingerprint density at radius 2 is 2.12 bits per heavy atom. The van der Waals surface area contributed by atoms with Gasteiger partial charge >= 0.3 is 0 Å².